The second kappa shape index (κ2) is 7.92. The van der Waals surface area contributed by atoms with E-state index in [2.05, 4.69) is 0 Å². The van der Waals surface area contributed by atoms with Gasteiger partial charge < -0.3 is 20.1 Å². The molecule has 22 heavy (non-hydrogen) atoms. The summed E-state index contributed by atoms with van der Waals surface area (Å²) >= 11 is 0. The number of carbonyl (C=O) groups is 1. The Morgan fingerprint density at radius 2 is 1.73 bits per heavy atom. The van der Waals surface area contributed by atoms with Crippen LogP contribution in [0.1, 0.15) is 37.7 Å². The number of aryl methyl sites for hydroxylation is 1. The molecule has 0 unspecified atom stereocenters. The van der Waals surface area contributed by atoms with Crippen LogP contribution in [-0.2, 0) is 11.2 Å². The average Bonchev–Trinajstić information content (AvgIpc) is 2.82. The number of amides is 1. The van der Waals surface area contributed by atoms with Crippen molar-refractivity contribution < 1.29 is 14.3 Å². The van der Waals surface area contributed by atoms with Crippen molar-refractivity contribution in [1.29, 1.82) is 0 Å². The summed E-state index contributed by atoms with van der Waals surface area (Å²) < 4.78 is 10.6. The summed E-state index contributed by atoms with van der Waals surface area (Å²) in [7, 11) is 3.19. The van der Waals surface area contributed by atoms with E-state index >= 15 is 0 Å². The first-order chi connectivity index (χ1) is 10.7. The number of nitrogens with zero attached hydrogens (tertiary/aromatic N) is 1. The van der Waals surface area contributed by atoms with Gasteiger partial charge in [-0.1, -0.05) is 12.8 Å². The van der Waals surface area contributed by atoms with Crippen molar-refractivity contribution in [3.8, 4) is 11.5 Å². The van der Waals surface area contributed by atoms with Crippen molar-refractivity contribution in [3.05, 3.63) is 17.7 Å². The van der Waals surface area contributed by atoms with Crippen LogP contribution in [0.15, 0.2) is 12.1 Å². The molecule has 0 bridgehead atoms. The standard InChI is InChI=1S/C17H26N2O3/c1-21-15-12-16(22-2)14(18)11-13(15)7-8-17(20)19-9-5-3-4-6-10-19/h11-12H,3-10,18H2,1-2H3. The third kappa shape index (κ3) is 4.06. The predicted octanol–water partition coefficient (Wildman–Crippen LogP) is 2.62. The largest absolute Gasteiger partial charge is 0.496 e. The average molecular weight is 306 g/mol. The minimum Gasteiger partial charge on any atom is -0.496 e. The Hall–Kier alpha value is -1.91. The Bertz CT molecular complexity index is 509. The molecule has 1 aliphatic heterocycles. The second-order valence-corrected chi connectivity index (χ2v) is 5.70. The lowest BCUT2D eigenvalue weighted by molar-refractivity contribution is -0.131. The molecule has 5 nitrogen and oxygen atoms in total. The third-order valence-electron chi connectivity index (χ3n) is 4.20. The molecule has 1 fully saturated rings. The number of ether oxygens (including phenoxy) is 2. The maximum Gasteiger partial charge on any atom is 0.222 e. The molecule has 1 aliphatic rings. The Kier molecular flexibility index (Phi) is 5.92. The first-order valence-corrected chi connectivity index (χ1v) is 7.94. The predicted molar refractivity (Wildman–Crippen MR) is 87.3 cm³/mol. The topological polar surface area (TPSA) is 64.8 Å². The first-order valence-electron chi connectivity index (χ1n) is 7.94. The van der Waals surface area contributed by atoms with Gasteiger partial charge in [0.25, 0.3) is 0 Å². The van der Waals surface area contributed by atoms with Gasteiger partial charge >= 0.3 is 0 Å². The number of nitrogen functional groups attached to an aromatic ring is 1. The highest BCUT2D eigenvalue weighted by molar-refractivity contribution is 5.76. The number of nitrogens with two attached hydrogens (primary N) is 1. The lowest BCUT2D eigenvalue weighted by Gasteiger charge is -2.20. The molecule has 5 heteroatoms. The molecule has 1 amide bonds. The molecule has 0 saturated carbocycles. The smallest absolute Gasteiger partial charge is 0.222 e. The Labute approximate surface area is 132 Å². The Balaban J connectivity index is 2.01. The van der Waals surface area contributed by atoms with Crippen molar-refractivity contribution in [2.24, 2.45) is 0 Å². The fraction of sp³-hybridized carbons (Fsp3) is 0.588. The summed E-state index contributed by atoms with van der Waals surface area (Å²) in [6, 6.07) is 3.62. The van der Waals surface area contributed by atoms with Gasteiger partial charge in [0, 0.05) is 25.6 Å². The monoisotopic (exact) mass is 306 g/mol. The van der Waals surface area contributed by atoms with Crippen LogP contribution >= 0.6 is 0 Å². The molecule has 1 aromatic carbocycles. The van der Waals surface area contributed by atoms with Crippen LogP contribution in [0.2, 0.25) is 0 Å². The molecule has 0 radical (unpaired) electrons. The van der Waals surface area contributed by atoms with E-state index in [0.717, 1.165) is 37.2 Å². The number of rotatable bonds is 5. The molecule has 0 atom stereocenters. The molecule has 122 valence electrons. The number of carbonyl (C=O) groups excluding carboxylic acids is 1. The van der Waals surface area contributed by atoms with Crippen molar-refractivity contribution in [3.63, 3.8) is 0 Å². The maximum atomic E-state index is 12.4. The number of hydrogen-bond acceptors (Lipinski definition) is 4. The van der Waals surface area contributed by atoms with Crippen molar-refractivity contribution >= 4 is 11.6 Å². The van der Waals surface area contributed by atoms with E-state index in [-0.39, 0.29) is 5.91 Å². The van der Waals surface area contributed by atoms with Crippen molar-refractivity contribution in [1.82, 2.24) is 4.90 Å². The van der Waals surface area contributed by atoms with Crippen LogP contribution in [0, 0.1) is 0 Å². The third-order valence-corrected chi connectivity index (χ3v) is 4.20. The van der Waals surface area contributed by atoms with Crippen LogP contribution < -0.4 is 15.2 Å². The number of anilines is 1. The highest BCUT2D eigenvalue weighted by Gasteiger charge is 2.17. The fourth-order valence-electron chi connectivity index (χ4n) is 2.91. The van der Waals surface area contributed by atoms with E-state index in [9.17, 15) is 4.79 Å². The molecule has 1 heterocycles. The second-order valence-electron chi connectivity index (χ2n) is 5.70. The summed E-state index contributed by atoms with van der Waals surface area (Å²) in [5, 5.41) is 0. The number of methoxy groups -OCH3 is 2. The Morgan fingerprint density at radius 3 is 2.32 bits per heavy atom. The van der Waals surface area contributed by atoms with Crippen LogP contribution in [0.25, 0.3) is 0 Å². The normalized spacial score (nSPS) is 15.3. The van der Waals surface area contributed by atoms with Gasteiger partial charge in [-0.05, 0) is 30.9 Å². The zero-order valence-electron chi connectivity index (χ0n) is 13.6. The van der Waals surface area contributed by atoms with E-state index in [1.165, 1.54) is 12.8 Å². The number of hydrogen-bond donors (Lipinski definition) is 1. The van der Waals surface area contributed by atoms with Gasteiger partial charge in [-0.3, -0.25) is 4.79 Å². The number of likely N-dealkylation sites (tertiary alicyclic amines) is 1. The SMILES string of the molecule is COc1cc(OC)c(CCC(=O)N2CCCCCC2)cc1N. The Morgan fingerprint density at radius 1 is 1.09 bits per heavy atom. The van der Waals surface area contributed by atoms with Gasteiger partial charge in [0.1, 0.15) is 11.5 Å². The van der Waals surface area contributed by atoms with Crippen LogP contribution in [0.5, 0.6) is 11.5 Å². The van der Waals surface area contributed by atoms with E-state index in [0.29, 0.717) is 24.3 Å². The zero-order valence-corrected chi connectivity index (χ0v) is 13.6. The van der Waals surface area contributed by atoms with E-state index < -0.39 is 0 Å². The molecule has 0 aliphatic carbocycles. The number of benzene rings is 1. The van der Waals surface area contributed by atoms with Crippen LogP contribution in [-0.4, -0.2) is 38.1 Å². The summed E-state index contributed by atoms with van der Waals surface area (Å²) in [4.78, 5) is 14.4. The summed E-state index contributed by atoms with van der Waals surface area (Å²) in [6.45, 7) is 1.78. The maximum absolute atomic E-state index is 12.4. The van der Waals surface area contributed by atoms with Gasteiger partial charge in [-0.15, -0.1) is 0 Å². The molecule has 1 saturated heterocycles. The van der Waals surface area contributed by atoms with Crippen LogP contribution in [0.4, 0.5) is 5.69 Å². The summed E-state index contributed by atoms with van der Waals surface area (Å²) in [5.74, 6) is 1.53. The van der Waals surface area contributed by atoms with E-state index in [1.807, 2.05) is 11.0 Å². The molecule has 2 rings (SSSR count). The first kappa shape index (κ1) is 16.5. The molecular formula is C17H26N2O3. The van der Waals surface area contributed by atoms with E-state index in [1.54, 1.807) is 20.3 Å². The molecule has 2 N–H and O–H groups in total. The summed E-state index contributed by atoms with van der Waals surface area (Å²) in [5.41, 5.74) is 7.47. The van der Waals surface area contributed by atoms with Gasteiger partial charge in [-0.2, -0.15) is 0 Å². The fourth-order valence-corrected chi connectivity index (χ4v) is 2.91. The molecule has 0 aromatic heterocycles. The van der Waals surface area contributed by atoms with Gasteiger partial charge in [-0.25, -0.2) is 0 Å². The van der Waals surface area contributed by atoms with Crippen molar-refractivity contribution in [2.75, 3.05) is 33.0 Å². The van der Waals surface area contributed by atoms with Gasteiger partial charge in [0.05, 0.1) is 19.9 Å². The minimum atomic E-state index is 0.221. The zero-order chi connectivity index (χ0) is 15.9. The lowest BCUT2D eigenvalue weighted by atomic mass is 10.1. The highest BCUT2D eigenvalue weighted by Crippen LogP contribution is 2.31. The van der Waals surface area contributed by atoms with Crippen LogP contribution in [0.3, 0.4) is 0 Å². The molecule has 1 aromatic rings. The van der Waals surface area contributed by atoms with Gasteiger partial charge in [0.2, 0.25) is 5.91 Å². The summed E-state index contributed by atoms with van der Waals surface area (Å²) in [6.07, 6.45) is 5.81. The minimum absolute atomic E-state index is 0.221. The highest BCUT2D eigenvalue weighted by atomic mass is 16.5. The molecular weight excluding hydrogens is 280 g/mol. The quantitative estimate of drug-likeness (QED) is 0.849. The lowest BCUT2D eigenvalue weighted by Crippen LogP contribution is -2.31. The van der Waals surface area contributed by atoms with Crippen molar-refractivity contribution in [2.45, 2.75) is 38.5 Å². The molecule has 0 spiro atoms. The van der Waals surface area contributed by atoms with Gasteiger partial charge in [0.15, 0.2) is 0 Å². The van der Waals surface area contributed by atoms with E-state index in [4.69, 9.17) is 15.2 Å².